The lowest BCUT2D eigenvalue weighted by Crippen LogP contribution is -2.36. The zero-order chi connectivity index (χ0) is 26.6. The molecule has 1 aromatic heterocycles. The van der Waals surface area contributed by atoms with Crippen LogP contribution in [-0.4, -0.2) is 83.1 Å². The molecule has 5 rings (SSSR count). The van der Waals surface area contributed by atoms with Crippen molar-refractivity contribution in [2.24, 2.45) is 0 Å². The zero-order valence-corrected chi connectivity index (χ0v) is 22.8. The van der Waals surface area contributed by atoms with Gasteiger partial charge in [-0.3, -0.25) is 19.2 Å². The Balaban J connectivity index is 1.50. The number of morpholine rings is 1. The van der Waals surface area contributed by atoms with E-state index in [9.17, 15) is 9.59 Å². The molecule has 3 aromatic rings. The van der Waals surface area contributed by atoms with Gasteiger partial charge in [-0.25, -0.2) is 10.0 Å². The number of nitrogens with zero attached hydrogens (tertiary/aromatic N) is 5. The number of benzene rings is 2. The summed E-state index contributed by atoms with van der Waals surface area (Å²) in [6.45, 7) is 11.8. The standard InChI is InChI=1S/C28H35ClN6O3/c1-3-33-18-23(19-34(33)4-2)35-25-10-7-21(17-32-11-13-38-14-12-32)15-24(25)27(36)26(31-35)28(37)30-16-20-5-8-22(29)9-6-20/h5-10,15,23H,3-4,11-14,16-19H2,1-2H3,(H,30,37). The van der Waals surface area contributed by atoms with Crippen LogP contribution in [0.2, 0.25) is 5.02 Å². The number of nitrogens with one attached hydrogen (secondary N) is 1. The minimum atomic E-state index is -0.475. The van der Waals surface area contributed by atoms with Gasteiger partial charge in [0.1, 0.15) is 0 Å². The number of aromatic nitrogens is 2. The van der Waals surface area contributed by atoms with Gasteiger partial charge in [-0.1, -0.05) is 43.6 Å². The van der Waals surface area contributed by atoms with Crippen LogP contribution >= 0.6 is 11.6 Å². The second kappa shape index (κ2) is 11.9. The van der Waals surface area contributed by atoms with Crippen LogP contribution in [0.1, 0.15) is 41.5 Å². The van der Waals surface area contributed by atoms with Crippen molar-refractivity contribution in [3.63, 3.8) is 0 Å². The summed E-state index contributed by atoms with van der Waals surface area (Å²) in [4.78, 5) is 29.3. The summed E-state index contributed by atoms with van der Waals surface area (Å²) in [5, 5.41) is 13.3. The average Bonchev–Trinajstić information content (AvgIpc) is 3.37. The molecule has 1 N–H and O–H groups in total. The van der Waals surface area contributed by atoms with Gasteiger partial charge in [0.25, 0.3) is 5.91 Å². The van der Waals surface area contributed by atoms with Crippen molar-refractivity contribution >= 4 is 28.4 Å². The van der Waals surface area contributed by atoms with Gasteiger partial charge in [-0.15, -0.1) is 0 Å². The van der Waals surface area contributed by atoms with E-state index in [2.05, 4.69) is 45.2 Å². The van der Waals surface area contributed by atoms with Crippen molar-refractivity contribution < 1.29 is 9.53 Å². The van der Waals surface area contributed by atoms with Crippen molar-refractivity contribution in [1.29, 1.82) is 0 Å². The molecular weight excluding hydrogens is 504 g/mol. The van der Waals surface area contributed by atoms with Gasteiger partial charge >= 0.3 is 0 Å². The SMILES string of the molecule is CCN1CC(n2nc(C(=O)NCc3ccc(Cl)cc3)c(=O)c3cc(CN4CCOCC4)ccc32)CN1CC. The van der Waals surface area contributed by atoms with E-state index < -0.39 is 5.91 Å². The van der Waals surface area contributed by atoms with Crippen LogP contribution in [0, 0.1) is 0 Å². The summed E-state index contributed by atoms with van der Waals surface area (Å²) in [5.41, 5.74) is 2.27. The number of rotatable bonds is 8. The third-order valence-corrected chi connectivity index (χ3v) is 7.64. The van der Waals surface area contributed by atoms with Crippen LogP contribution in [0.15, 0.2) is 47.3 Å². The summed E-state index contributed by atoms with van der Waals surface area (Å²) in [6.07, 6.45) is 0. The second-order valence-electron chi connectivity index (χ2n) is 9.84. The number of halogens is 1. The van der Waals surface area contributed by atoms with Crippen LogP contribution < -0.4 is 10.7 Å². The third-order valence-electron chi connectivity index (χ3n) is 7.39. The highest BCUT2D eigenvalue weighted by atomic mass is 35.5. The Morgan fingerprint density at radius 3 is 2.34 bits per heavy atom. The molecule has 2 fully saturated rings. The Bertz CT molecular complexity index is 1330. The monoisotopic (exact) mass is 538 g/mol. The van der Waals surface area contributed by atoms with E-state index in [1.54, 1.807) is 12.1 Å². The number of fused-ring (bicyclic) bond motifs is 1. The van der Waals surface area contributed by atoms with Crippen molar-refractivity contribution in [3.8, 4) is 0 Å². The number of likely N-dealkylation sites (N-methyl/N-ethyl adjacent to an activating group) is 2. The van der Waals surface area contributed by atoms with Gasteiger partial charge in [-0.05, 0) is 35.4 Å². The summed E-state index contributed by atoms with van der Waals surface area (Å²) < 4.78 is 7.37. The van der Waals surface area contributed by atoms with Gasteiger partial charge in [0, 0.05) is 57.4 Å². The van der Waals surface area contributed by atoms with Gasteiger partial charge in [-0.2, -0.15) is 5.10 Å². The first-order valence-electron chi connectivity index (χ1n) is 13.3. The molecular formula is C28H35ClN6O3. The van der Waals surface area contributed by atoms with E-state index in [1.165, 1.54) is 0 Å². The summed E-state index contributed by atoms with van der Waals surface area (Å²) in [5.74, 6) is -0.475. The topological polar surface area (TPSA) is 82.9 Å². The Kier molecular flexibility index (Phi) is 8.40. The largest absolute Gasteiger partial charge is 0.379 e. The smallest absolute Gasteiger partial charge is 0.276 e. The van der Waals surface area contributed by atoms with Crippen molar-refractivity contribution in [3.05, 3.63) is 74.5 Å². The predicted molar refractivity (Wildman–Crippen MR) is 148 cm³/mol. The lowest BCUT2D eigenvalue weighted by Gasteiger charge is -2.26. The summed E-state index contributed by atoms with van der Waals surface area (Å²) in [6, 6.07) is 13.3. The maximum Gasteiger partial charge on any atom is 0.276 e. The number of carbonyl (C=O) groups is 1. The normalized spacial score (nSPS) is 17.9. The zero-order valence-electron chi connectivity index (χ0n) is 22.0. The molecule has 2 aliphatic heterocycles. The first-order chi connectivity index (χ1) is 18.5. The molecule has 0 radical (unpaired) electrons. The number of hydrogen-bond acceptors (Lipinski definition) is 7. The highest BCUT2D eigenvalue weighted by molar-refractivity contribution is 6.30. The highest BCUT2D eigenvalue weighted by Crippen LogP contribution is 2.24. The Labute approximate surface area is 227 Å². The molecule has 0 unspecified atom stereocenters. The van der Waals surface area contributed by atoms with E-state index >= 15 is 0 Å². The molecule has 0 bridgehead atoms. The first kappa shape index (κ1) is 26.8. The number of amides is 1. The maximum absolute atomic E-state index is 13.7. The van der Waals surface area contributed by atoms with E-state index in [1.807, 2.05) is 28.9 Å². The fraction of sp³-hybridized carbons (Fsp3) is 0.464. The van der Waals surface area contributed by atoms with Crippen LogP contribution in [0.3, 0.4) is 0 Å². The van der Waals surface area contributed by atoms with E-state index in [4.69, 9.17) is 16.3 Å². The molecule has 10 heteroatoms. The van der Waals surface area contributed by atoms with E-state index in [0.717, 1.165) is 62.5 Å². The summed E-state index contributed by atoms with van der Waals surface area (Å²) >= 11 is 5.98. The summed E-state index contributed by atoms with van der Waals surface area (Å²) in [7, 11) is 0. The van der Waals surface area contributed by atoms with E-state index in [-0.39, 0.29) is 23.7 Å². The molecule has 3 heterocycles. The van der Waals surface area contributed by atoms with Crippen molar-refractivity contribution in [2.45, 2.75) is 33.0 Å². The molecule has 0 spiro atoms. The van der Waals surface area contributed by atoms with Crippen molar-refractivity contribution in [1.82, 2.24) is 30.0 Å². The van der Waals surface area contributed by atoms with Crippen LogP contribution in [0.4, 0.5) is 0 Å². The van der Waals surface area contributed by atoms with Crippen molar-refractivity contribution in [2.75, 3.05) is 52.5 Å². The maximum atomic E-state index is 13.7. The third kappa shape index (κ3) is 5.77. The molecule has 0 aliphatic carbocycles. The molecule has 1 amide bonds. The molecule has 0 atom stereocenters. The lowest BCUT2D eigenvalue weighted by atomic mass is 10.1. The highest BCUT2D eigenvalue weighted by Gasteiger charge is 2.31. The van der Waals surface area contributed by atoms with Crippen LogP contribution in [0.25, 0.3) is 10.9 Å². The second-order valence-corrected chi connectivity index (χ2v) is 10.3. The quantitative estimate of drug-likeness (QED) is 0.472. The molecule has 0 saturated carbocycles. The lowest BCUT2D eigenvalue weighted by molar-refractivity contribution is 0.0342. The molecule has 2 saturated heterocycles. The fourth-order valence-electron chi connectivity index (χ4n) is 5.30. The molecule has 9 nitrogen and oxygen atoms in total. The minimum absolute atomic E-state index is 0.0194. The van der Waals surface area contributed by atoms with Gasteiger partial charge in [0.05, 0.1) is 30.2 Å². The Morgan fingerprint density at radius 1 is 1.03 bits per heavy atom. The van der Waals surface area contributed by atoms with E-state index in [0.29, 0.717) is 23.6 Å². The molecule has 2 aliphatic rings. The minimum Gasteiger partial charge on any atom is -0.379 e. The fourth-order valence-corrected chi connectivity index (χ4v) is 5.42. The molecule has 202 valence electrons. The number of ether oxygens (including phenoxy) is 1. The van der Waals surface area contributed by atoms with Gasteiger partial charge < -0.3 is 10.1 Å². The number of carbonyl (C=O) groups excluding carboxylic acids is 1. The average molecular weight is 539 g/mol. The van der Waals surface area contributed by atoms with Gasteiger partial charge in [0.15, 0.2) is 5.69 Å². The first-order valence-corrected chi connectivity index (χ1v) is 13.7. The number of hydrazine groups is 1. The van der Waals surface area contributed by atoms with Crippen LogP contribution in [-0.2, 0) is 17.8 Å². The number of hydrogen-bond donors (Lipinski definition) is 1. The van der Waals surface area contributed by atoms with Gasteiger partial charge in [0.2, 0.25) is 5.43 Å². The Hall–Kier alpha value is -2.82. The van der Waals surface area contributed by atoms with Crippen LogP contribution in [0.5, 0.6) is 0 Å². The molecule has 38 heavy (non-hydrogen) atoms. The predicted octanol–water partition coefficient (Wildman–Crippen LogP) is 2.93. The molecule has 2 aromatic carbocycles. The Morgan fingerprint density at radius 2 is 1.68 bits per heavy atom.